The van der Waals surface area contributed by atoms with E-state index in [9.17, 15) is 0 Å². The van der Waals surface area contributed by atoms with Gasteiger partial charge >= 0.3 is 0 Å². The van der Waals surface area contributed by atoms with Crippen LogP contribution in [0, 0.1) is 0 Å². The first-order valence-electron chi connectivity index (χ1n) is 12.5. The van der Waals surface area contributed by atoms with E-state index in [0.717, 1.165) is 61.5 Å². The van der Waals surface area contributed by atoms with Crippen LogP contribution in [0.25, 0.3) is 61.5 Å². The predicted molar refractivity (Wildman–Crippen MR) is 148 cm³/mol. The Kier molecular flexibility index (Phi) is 4.65. The van der Waals surface area contributed by atoms with Gasteiger partial charge in [-0.3, -0.25) is 0 Å². The Bertz CT molecular complexity index is 2080. The summed E-state index contributed by atoms with van der Waals surface area (Å²) in [6, 6.07) is 28.5. The third-order valence-corrected chi connectivity index (χ3v) is 6.92. The summed E-state index contributed by atoms with van der Waals surface area (Å²) < 4.78 is 17.1. The van der Waals surface area contributed by atoms with Gasteiger partial charge in [0.05, 0.1) is 30.1 Å². The van der Waals surface area contributed by atoms with Gasteiger partial charge in [-0.1, -0.05) is 30.3 Å². The number of aromatic nitrogens is 6. The van der Waals surface area contributed by atoms with Gasteiger partial charge in [-0.2, -0.15) is 15.3 Å². The molecule has 0 atom stereocenters. The van der Waals surface area contributed by atoms with Crippen molar-refractivity contribution in [1.82, 2.24) is 29.3 Å². The van der Waals surface area contributed by atoms with Gasteiger partial charge in [-0.05, 0) is 59.7 Å². The number of furan rings is 2. The molecule has 0 aliphatic heterocycles. The van der Waals surface area contributed by atoms with Crippen LogP contribution in [0.5, 0.6) is 0 Å². The number of nitrogens with zero attached hydrogens (tertiary/aromatic N) is 6. The van der Waals surface area contributed by atoms with E-state index in [1.807, 2.05) is 70.3 Å². The van der Waals surface area contributed by atoms with Crippen molar-refractivity contribution in [2.24, 2.45) is 0 Å². The van der Waals surface area contributed by atoms with Crippen molar-refractivity contribution < 1.29 is 8.83 Å². The lowest BCUT2D eigenvalue weighted by Crippen LogP contribution is -2.05. The van der Waals surface area contributed by atoms with Crippen molar-refractivity contribution in [2.45, 2.75) is 0 Å². The fourth-order valence-corrected chi connectivity index (χ4v) is 5.05. The minimum atomic E-state index is 0.777. The van der Waals surface area contributed by atoms with Crippen molar-refractivity contribution in [1.29, 1.82) is 0 Å². The molecule has 0 spiro atoms. The van der Waals surface area contributed by atoms with Gasteiger partial charge in [-0.25, -0.2) is 14.0 Å². The number of hydrogen-bond donors (Lipinski definition) is 0. The normalized spacial score (nSPS) is 11.6. The maximum absolute atomic E-state index is 6.39. The lowest BCUT2D eigenvalue weighted by Gasteiger charge is -2.07. The van der Waals surface area contributed by atoms with Gasteiger partial charge < -0.3 is 8.83 Å². The quantitative estimate of drug-likeness (QED) is 0.248. The maximum Gasteiger partial charge on any atom is 0.161 e. The van der Waals surface area contributed by atoms with Gasteiger partial charge in [0.1, 0.15) is 11.3 Å². The summed E-state index contributed by atoms with van der Waals surface area (Å²) in [6.45, 7) is 0. The molecule has 186 valence electrons. The lowest BCUT2D eigenvalue weighted by molar-refractivity contribution is 0.568. The maximum atomic E-state index is 6.39. The van der Waals surface area contributed by atoms with E-state index in [-0.39, 0.29) is 0 Å². The highest BCUT2D eigenvalue weighted by Gasteiger charge is 2.16. The topological polar surface area (TPSA) is 79.7 Å². The molecule has 0 unspecified atom stereocenters. The van der Waals surface area contributed by atoms with Gasteiger partial charge in [-0.15, -0.1) is 0 Å². The summed E-state index contributed by atoms with van der Waals surface area (Å²) in [5.74, 6) is 0.833. The standard InChI is InChI=1S/C31H20N6O2/c1-4-21(18-24(5-1)35-16-11-27(34-35)23-12-17-38-20-23)22-8-9-29-26(19-22)25-6-2-7-28(31(25)39-29)37-30(10-14-33-37)36-15-3-13-32-36/h1-20H. The number of rotatable bonds is 5. The molecule has 39 heavy (non-hydrogen) atoms. The molecule has 0 bridgehead atoms. The number of benzene rings is 3. The molecule has 0 N–H and O–H groups in total. The van der Waals surface area contributed by atoms with Crippen LogP contribution < -0.4 is 0 Å². The molecule has 0 radical (unpaired) electrons. The molecule has 0 aliphatic carbocycles. The highest BCUT2D eigenvalue weighted by molar-refractivity contribution is 6.08. The van der Waals surface area contributed by atoms with E-state index in [1.54, 1.807) is 29.6 Å². The molecular formula is C31H20N6O2. The molecule has 8 nitrogen and oxygen atoms in total. The van der Waals surface area contributed by atoms with E-state index in [2.05, 4.69) is 46.6 Å². The van der Waals surface area contributed by atoms with E-state index in [1.165, 1.54) is 0 Å². The Hall–Kier alpha value is -5.63. The van der Waals surface area contributed by atoms with E-state index in [0.29, 0.717) is 0 Å². The summed E-state index contributed by atoms with van der Waals surface area (Å²) in [4.78, 5) is 0. The second-order valence-corrected chi connectivity index (χ2v) is 9.23. The van der Waals surface area contributed by atoms with E-state index < -0.39 is 0 Å². The molecule has 5 heterocycles. The lowest BCUT2D eigenvalue weighted by atomic mass is 10.0. The van der Waals surface area contributed by atoms with Crippen LogP contribution in [0.15, 0.2) is 131 Å². The van der Waals surface area contributed by atoms with Crippen molar-refractivity contribution >= 4 is 21.9 Å². The second-order valence-electron chi connectivity index (χ2n) is 9.23. The smallest absolute Gasteiger partial charge is 0.161 e. The van der Waals surface area contributed by atoms with Crippen LogP contribution in [-0.2, 0) is 0 Å². The Balaban J connectivity index is 1.21. The predicted octanol–water partition coefficient (Wildman–Crippen LogP) is 7.07. The summed E-state index contributed by atoms with van der Waals surface area (Å²) in [5.41, 5.74) is 7.43. The number of para-hydroxylation sites is 1. The zero-order valence-corrected chi connectivity index (χ0v) is 20.5. The molecule has 0 aliphatic rings. The minimum absolute atomic E-state index is 0.777. The van der Waals surface area contributed by atoms with E-state index >= 15 is 0 Å². The average Bonchev–Trinajstić information content (AvgIpc) is 3.80. The van der Waals surface area contributed by atoms with E-state index in [4.69, 9.17) is 13.9 Å². The fourth-order valence-electron chi connectivity index (χ4n) is 5.05. The van der Waals surface area contributed by atoms with Crippen LogP contribution in [0.4, 0.5) is 0 Å². The van der Waals surface area contributed by atoms with Crippen LogP contribution in [0.2, 0.25) is 0 Å². The summed E-state index contributed by atoms with van der Waals surface area (Å²) in [7, 11) is 0. The van der Waals surface area contributed by atoms with Gasteiger partial charge in [0.15, 0.2) is 11.4 Å². The monoisotopic (exact) mass is 508 g/mol. The first-order valence-corrected chi connectivity index (χ1v) is 12.5. The molecular weight excluding hydrogens is 488 g/mol. The van der Waals surface area contributed by atoms with Crippen LogP contribution in [-0.4, -0.2) is 29.3 Å². The highest BCUT2D eigenvalue weighted by atomic mass is 16.3. The van der Waals surface area contributed by atoms with Crippen LogP contribution in [0.3, 0.4) is 0 Å². The van der Waals surface area contributed by atoms with Crippen LogP contribution in [0.1, 0.15) is 0 Å². The van der Waals surface area contributed by atoms with Gasteiger partial charge in [0.25, 0.3) is 0 Å². The van der Waals surface area contributed by atoms with Crippen molar-refractivity contribution in [3.8, 4) is 39.6 Å². The number of hydrogen-bond acceptors (Lipinski definition) is 5. The average molecular weight is 509 g/mol. The van der Waals surface area contributed by atoms with Crippen molar-refractivity contribution in [3.63, 3.8) is 0 Å². The Labute approximate surface area is 221 Å². The third-order valence-electron chi connectivity index (χ3n) is 6.92. The first-order chi connectivity index (χ1) is 19.3. The summed E-state index contributed by atoms with van der Waals surface area (Å²) in [5, 5.41) is 15.7. The second kappa shape index (κ2) is 8.46. The van der Waals surface area contributed by atoms with Gasteiger partial charge in [0, 0.05) is 41.0 Å². The first kappa shape index (κ1) is 21.5. The van der Waals surface area contributed by atoms with Crippen LogP contribution >= 0.6 is 0 Å². The fraction of sp³-hybridized carbons (Fsp3) is 0. The SMILES string of the molecule is c1cc(-c2ccc3oc4c(-n5nccc5-n5cccn5)cccc4c3c2)cc(-n2ccc(-c3ccoc3)n2)c1. The largest absolute Gasteiger partial charge is 0.472 e. The molecule has 0 saturated heterocycles. The Morgan fingerprint density at radius 2 is 1.62 bits per heavy atom. The van der Waals surface area contributed by atoms with Gasteiger partial charge in [0.2, 0.25) is 0 Å². The zero-order chi connectivity index (χ0) is 25.8. The molecule has 8 heteroatoms. The molecule has 0 fully saturated rings. The van der Waals surface area contributed by atoms with Crippen molar-refractivity contribution in [3.05, 3.63) is 122 Å². The minimum Gasteiger partial charge on any atom is -0.472 e. The summed E-state index contributed by atoms with van der Waals surface area (Å²) >= 11 is 0. The van der Waals surface area contributed by atoms with Crippen molar-refractivity contribution in [2.75, 3.05) is 0 Å². The number of fused-ring (bicyclic) bond motifs is 3. The molecule has 8 aromatic rings. The zero-order valence-electron chi connectivity index (χ0n) is 20.5. The molecule has 5 aromatic heterocycles. The Morgan fingerprint density at radius 3 is 2.51 bits per heavy atom. The molecule has 3 aromatic carbocycles. The molecule has 8 rings (SSSR count). The molecule has 0 saturated carbocycles. The Morgan fingerprint density at radius 1 is 0.667 bits per heavy atom. The third kappa shape index (κ3) is 3.50. The molecule has 0 amide bonds. The summed E-state index contributed by atoms with van der Waals surface area (Å²) in [6.07, 6.45) is 10.7. The highest BCUT2D eigenvalue weighted by Crippen LogP contribution is 2.36.